The summed E-state index contributed by atoms with van der Waals surface area (Å²) in [6.45, 7) is 5.26. The highest BCUT2D eigenvalue weighted by molar-refractivity contribution is 6.07. The lowest BCUT2D eigenvalue weighted by atomic mass is 10.1. The van der Waals surface area contributed by atoms with Crippen molar-refractivity contribution in [3.8, 4) is 5.75 Å². The Labute approximate surface area is 185 Å². The van der Waals surface area contributed by atoms with E-state index in [1.165, 1.54) is 9.58 Å². The summed E-state index contributed by atoms with van der Waals surface area (Å²) in [6, 6.07) is 15.7. The number of fused-ring (bicyclic) bond motifs is 1. The molecule has 8 nitrogen and oxygen atoms in total. The number of amides is 2. The zero-order valence-electron chi connectivity index (χ0n) is 18.2. The number of ether oxygens (including phenoxy) is 1. The van der Waals surface area contributed by atoms with Crippen molar-refractivity contribution < 1.29 is 19.1 Å². The van der Waals surface area contributed by atoms with Crippen LogP contribution in [0.15, 0.2) is 54.6 Å². The molecule has 2 amide bonds. The zero-order chi connectivity index (χ0) is 22.8. The van der Waals surface area contributed by atoms with E-state index < -0.39 is 6.10 Å². The first-order valence-electron chi connectivity index (χ1n) is 10.4. The van der Waals surface area contributed by atoms with E-state index in [2.05, 4.69) is 10.4 Å². The number of rotatable bonds is 5. The van der Waals surface area contributed by atoms with Gasteiger partial charge in [0.1, 0.15) is 12.3 Å². The van der Waals surface area contributed by atoms with Crippen molar-refractivity contribution in [3.63, 3.8) is 0 Å². The third-order valence-electron chi connectivity index (χ3n) is 5.24. The number of aromatic nitrogens is 2. The van der Waals surface area contributed by atoms with Gasteiger partial charge in [-0.05, 0) is 56.7 Å². The molecule has 164 valence electrons. The minimum atomic E-state index is -0.690. The SMILES string of the molecule is CC[C@@H]1Oc2ccc(C(=O)n3nc(C)cc3C)cc2N(CC(=O)Nc2ccccc2)C1=O. The summed E-state index contributed by atoms with van der Waals surface area (Å²) >= 11 is 0. The second-order valence-electron chi connectivity index (χ2n) is 7.68. The standard InChI is InChI=1S/C24H24N4O4/c1-4-20-24(31)27(14-22(29)25-18-8-6-5-7-9-18)19-13-17(10-11-21(19)32-20)23(30)28-16(3)12-15(2)26-28/h5-13,20H,4,14H2,1-3H3,(H,25,29)/t20-/m0/s1. The molecular formula is C24H24N4O4. The van der Waals surface area contributed by atoms with E-state index in [1.54, 1.807) is 37.3 Å². The lowest BCUT2D eigenvalue weighted by Gasteiger charge is -2.34. The molecule has 8 heteroatoms. The van der Waals surface area contributed by atoms with Crippen molar-refractivity contribution in [2.45, 2.75) is 33.3 Å². The lowest BCUT2D eigenvalue weighted by molar-refractivity contribution is -0.128. The molecule has 4 rings (SSSR count). The summed E-state index contributed by atoms with van der Waals surface area (Å²) in [5.74, 6) is -0.535. The van der Waals surface area contributed by atoms with Gasteiger partial charge in [-0.2, -0.15) is 5.10 Å². The van der Waals surface area contributed by atoms with Crippen LogP contribution in [-0.2, 0) is 9.59 Å². The molecule has 2 aromatic carbocycles. The number of hydrogen-bond donors (Lipinski definition) is 1. The Morgan fingerprint density at radius 3 is 2.50 bits per heavy atom. The van der Waals surface area contributed by atoms with Crippen LogP contribution < -0.4 is 15.0 Å². The summed E-state index contributed by atoms with van der Waals surface area (Å²) in [5, 5.41) is 7.04. The maximum Gasteiger partial charge on any atom is 0.278 e. The Kier molecular flexibility index (Phi) is 5.77. The van der Waals surface area contributed by atoms with E-state index in [9.17, 15) is 14.4 Å². The van der Waals surface area contributed by atoms with Gasteiger partial charge in [0.25, 0.3) is 11.8 Å². The fourth-order valence-corrected chi connectivity index (χ4v) is 3.70. The van der Waals surface area contributed by atoms with E-state index in [-0.39, 0.29) is 24.3 Å². The van der Waals surface area contributed by atoms with Gasteiger partial charge in [0.05, 0.1) is 11.4 Å². The van der Waals surface area contributed by atoms with Crippen molar-refractivity contribution in [2.75, 3.05) is 16.8 Å². The van der Waals surface area contributed by atoms with Gasteiger partial charge in [-0.3, -0.25) is 19.3 Å². The van der Waals surface area contributed by atoms with Crippen molar-refractivity contribution in [3.05, 3.63) is 71.5 Å². The van der Waals surface area contributed by atoms with Gasteiger partial charge in [0.2, 0.25) is 5.91 Å². The van der Waals surface area contributed by atoms with Crippen molar-refractivity contribution in [2.24, 2.45) is 0 Å². The smallest absolute Gasteiger partial charge is 0.278 e. The molecule has 1 aliphatic heterocycles. The van der Waals surface area contributed by atoms with Gasteiger partial charge >= 0.3 is 0 Å². The third kappa shape index (κ3) is 4.12. The Morgan fingerprint density at radius 1 is 1.09 bits per heavy atom. The van der Waals surface area contributed by atoms with Crippen LogP contribution in [-0.4, -0.2) is 40.2 Å². The molecule has 2 heterocycles. The van der Waals surface area contributed by atoms with Crippen LogP contribution in [0.5, 0.6) is 5.75 Å². The second-order valence-corrected chi connectivity index (χ2v) is 7.68. The van der Waals surface area contributed by atoms with Crippen molar-refractivity contribution in [1.29, 1.82) is 0 Å². The number of carbonyl (C=O) groups excluding carboxylic acids is 3. The molecule has 0 unspecified atom stereocenters. The van der Waals surface area contributed by atoms with Crippen LogP contribution in [0.2, 0.25) is 0 Å². The Balaban J connectivity index is 1.66. The van der Waals surface area contributed by atoms with Crippen LogP contribution in [0.25, 0.3) is 0 Å². The molecule has 1 atom stereocenters. The number of nitrogens with zero attached hydrogens (tertiary/aromatic N) is 3. The molecule has 0 bridgehead atoms. The summed E-state index contributed by atoms with van der Waals surface area (Å²) in [4.78, 5) is 40.1. The molecule has 1 aliphatic rings. The van der Waals surface area contributed by atoms with Crippen LogP contribution >= 0.6 is 0 Å². The number of hydrogen-bond acceptors (Lipinski definition) is 5. The van der Waals surface area contributed by atoms with Crippen LogP contribution in [0, 0.1) is 13.8 Å². The highest BCUT2D eigenvalue weighted by atomic mass is 16.5. The number of para-hydroxylation sites is 1. The first-order valence-corrected chi connectivity index (χ1v) is 10.4. The second kappa shape index (κ2) is 8.66. The van der Waals surface area contributed by atoms with Gasteiger partial charge in [0, 0.05) is 16.9 Å². The Hall–Kier alpha value is -3.94. The maximum atomic E-state index is 13.0. The molecule has 0 spiro atoms. The average molecular weight is 432 g/mol. The van der Waals surface area contributed by atoms with E-state index >= 15 is 0 Å². The molecule has 0 radical (unpaired) electrons. The minimum absolute atomic E-state index is 0.196. The predicted octanol–water partition coefficient (Wildman–Crippen LogP) is 3.33. The normalized spacial score (nSPS) is 15.2. The Morgan fingerprint density at radius 2 is 1.84 bits per heavy atom. The molecule has 0 aliphatic carbocycles. The van der Waals surface area contributed by atoms with Gasteiger partial charge < -0.3 is 10.1 Å². The van der Waals surface area contributed by atoms with E-state index in [4.69, 9.17) is 4.74 Å². The quantitative estimate of drug-likeness (QED) is 0.668. The molecule has 32 heavy (non-hydrogen) atoms. The maximum absolute atomic E-state index is 13.0. The van der Waals surface area contributed by atoms with Crippen LogP contribution in [0.1, 0.15) is 35.1 Å². The first-order chi connectivity index (χ1) is 15.4. The number of anilines is 2. The summed E-state index contributed by atoms with van der Waals surface area (Å²) in [5.41, 5.74) is 2.81. The molecule has 3 aromatic rings. The van der Waals surface area contributed by atoms with Gasteiger partial charge in [-0.1, -0.05) is 25.1 Å². The fraction of sp³-hybridized carbons (Fsp3) is 0.250. The molecular weight excluding hydrogens is 408 g/mol. The number of aryl methyl sites for hydroxylation is 2. The molecule has 0 saturated heterocycles. The van der Waals surface area contributed by atoms with E-state index in [0.29, 0.717) is 34.8 Å². The third-order valence-corrected chi connectivity index (χ3v) is 5.24. The summed E-state index contributed by atoms with van der Waals surface area (Å²) in [7, 11) is 0. The highest BCUT2D eigenvalue weighted by Crippen LogP contribution is 2.36. The number of carbonyl (C=O) groups is 3. The summed E-state index contributed by atoms with van der Waals surface area (Å²) in [6.07, 6.45) is -0.230. The van der Waals surface area contributed by atoms with Gasteiger partial charge in [-0.25, -0.2) is 4.68 Å². The predicted molar refractivity (Wildman–Crippen MR) is 120 cm³/mol. The monoisotopic (exact) mass is 432 g/mol. The lowest BCUT2D eigenvalue weighted by Crippen LogP contribution is -2.48. The molecule has 0 fully saturated rings. The molecule has 0 saturated carbocycles. The van der Waals surface area contributed by atoms with Crippen LogP contribution in [0.3, 0.4) is 0 Å². The zero-order valence-corrected chi connectivity index (χ0v) is 18.2. The highest BCUT2D eigenvalue weighted by Gasteiger charge is 2.35. The van der Waals surface area contributed by atoms with Crippen molar-refractivity contribution in [1.82, 2.24) is 9.78 Å². The largest absolute Gasteiger partial charge is 0.478 e. The topological polar surface area (TPSA) is 93.5 Å². The fourth-order valence-electron chi connectivity index (χ4n) is 3.70. The number of nitrogens with one attached hydrogen (secondary N) is 1. The minimum Gasteiger partial charge on any atom is -0.478 e. The first kappa shape index (κ1) is 21.3. The van der Waals surface area contributed by atoms with Gasteiger partial charge in [-0.15, -0.1) is 0 Å². The van der Waals surface area contributed by atoms with Crippen molar-refractivity contribution >= 4 is 29.1 Å². The number of benzene rings is 2. The van der Waals surface area contributed by atoms with E-state index in [1.807, 2.05) is 38.1 Å². The van der Waals surface area contributed by atoms with Gasteiger partial charge in [0.15, 0.2) is 6.10 Å². The summed E-state index contributed by atoms with van der Waals surface area (Å²) < 4.78 is 7.16. The van der Waals surface area contributed by atoms with Crippen LogP contribution in [0.4, 0.5) is 11.4 Å². The molecule has 1 N–H and O–H groups in total. The Bertz CT molecular complexity index is 1190. The molecule has 1 aromatic heterocycles. The average Bonchev–Trinajstić information content (AvgIpc) is 3.13. The van der Waals surface area contributed by atoms with E-state index in [0.717, 1.165) is 5.69 Å².